The van der Waals surface area contributed by atoms with Crippen LogP contribution in [0.1, 0.15) is 57.1 Å². The number of esters is 1. The number of carboxylic acid groups (broad SMARTS) is 3. The van der Waals surface area contributed by atoms with Crippen LogP contribution < -0.4 is 36.8 Å². The van der Waals surface area contributed by atoms with Gasteiger partial charge < -0.3 is 80.9 Å². The maximum absolute atomic E-state index is 14.2. The van der Waals surface area contributed by atoms with Crippen molar-refractivity contribution in [3.05, 3.63) is 29.3 Å². The lowest BCUT2D eigenvalue weighted by molar-refractivity contribution is -0.155. The molecule has 3 saturated heterocycles. The van der Waals surface area contributed by atoms with Gasteiger partial charge in [-0.15, -0.1) is 0 Å². The van der Waals surface area contributed by atoms with Crippen LogP contribution in [0.4, 0.5) is 5.69 Å². The fraction of sp³-hybridized carbons (Fsp3) is 0.690. The first-order chi connectivity index (χ1) is 43.6. The topological polar surface area (TPSA) is 424 Å². The van der Waals surface area contributed by atoms with Gasteiger partial charge in [0.25, 0.3) is 0 Å². The molecule has 3 fully saturated rings. The smallest absolute Gasteiger partial charge is 0.317 e. The van der Waals surface area contributed by atoms with Crippen LogP contribution in [0.25, 0.3) is 0 Å². The maximum atomic E-state index is 14.2. The number of hydrogen-bond acceptors (Lipinski definition) is 22. The van der Waals surface area contributed by atoms with Crippen LogP contribution in [0.5, 0.6) is 0 Å². The predicted molar refractivity (Wildman–Crippen MR) is 317 cm³/mol. The third-order valence-corrected chi connectivity index (χ3v) is 16.1. The molecule has 10 N–H and O–H groups in total. The number of nitrogens with one attached hydrogen (secondary N) is 6. The van der Waals surface area contributed by atoms with E-state index in [9.17, 15) is 78.0 Å². The summed E-state index contributed by atoms with van der Waals surface area (Å²) in [5, 5.41) is 54.1. The van der Waals surface area contributed by atoms with Crippen molar-refractivity contribution in [1.29, 1.82) is 0 Å². The summed E-state index contributed by atoms with van der Waals surface area (Å²) in [6, 6.07) is 0.285. The number of carboxylic acids is 3. The lowest BCUT2D eigenvalue weighted by atomic mass is 9.97. The number of carbonyl (C=O) groups excluding carboxylic acids is 9. The molecule has 0 aromatic heterocycles. The van der Waals surface area contributed by atoms with Crippen LogP contribution in [0.15, 0.2) is 18.2 Å². The van der Waals surface area contributed by atoms with E-state index in [2.05, 4.69) is 31.9 Å². The van der Waals surface area contributed by atoms with Crippen LogP contribution >= 0.6 is 0 Å². The first kappa shape index (κ1) is 72.6. The van der Waals surface area contributed by atoms with Crippen molar-refractivity contribution in [2.24, 2.45) is 5.92 Å². The molecule has 0 aliphatic carbocycles. The largest absolute Gasteiger partial charge is 0.481 e. The second-order valence-corrected chi connectivity index (χ2v) is 22.9. The van der Waals surface area contributed by atoms with Crippen molar-refractivity contribution < 1.29 is 102 Å². The van der Waals surface area contributed by atoms with Gasteiger partial charge in [-0.25, -0.2) is 0 Å². The van der Waals surface area contributed by atoms with Gasteiger partial charge in [-0.2, -0.15) is 0 Å². The number of piperazine rings is 1. The molecule has 5 aliphatic heterocycles. The quantitative estimate of drug-likeness (QED) is 0.0221. The number of benzene rings is 1. The molecule has 5 heterocycles. The normalized spacial score (nSPS) is 20.9. The summed E-state index contributed by atoms with van der Waals surface area (Å²) in [5.74, 6) is -8.16. The van der Waals surface area contributed by atoms with E-state index in [0.29, 0.717) is 84.0 Å². The van der Waals surface area contributed by atoms with Crippen molar-refractivity contribution in [2.45, 2.75) is 95.3 Å². The number of cyclic esters (lactones) is 1. The molecule has 0 spiro atoms. The number of aliphatic carboxylic acids is 3. The molecule has 5 aliphatic rings. The Morgan fingerprint density at radius 3 is 1.77 bits per heavy atom. The number of anilines is 1. The van der Waals surface area contributed by atoms with E-state index in [1.807, 2.05) is 34.9 Å². The molecule has 91 heavy (non-hydrogen) atoms. The lowest BCUT2D eigenvalue weighted by Gasteiger charge is -2.36. The van der Waals surface area contributed by atoms with Gasteiger partial charge in [0.1, 0.15) is 43.4 Å². The van der Waals surface area contributed by atoms with Gasteiger partial charge in [0.05, 0.1) is 77.9 Å². The molecule has 0 radical (unpaired) electrons. The predicted octanol–water partition coefficient (Wildman–Crippen LogP) is -5.46. The van der Waals surface area contributed by atoms with E-state index < -0.39 is 108 Å². The molecule has 7 atom stereocenters. The highest BCUT2D eigenvalue weighted by Gasteiger charge is 2.46. The van der Waals surface area contributed by atoms with Gasteiger partial charge >= 0.3 is 23.9 Å². The second-order valence-electron chi connectivity index (χ2n) is 22.9. The number of aliphatic hydroxyl groups excluding tert-OH is 1. The molecule has 3 unspecified atom stereocenters. The van der Waals surface area contributed by atoms with Gasteiger partial charge in [0.2, 0.25) is 53.5 Å². The van der Waals surface area contributed by atoms with Crippen LogP contribution in [0.2, 0.25) is 0 Å². The number of aliphatic hydroxyl groups is 1. The second kappa shape index (κ2) is 37.1. The highest BCUT2D eigenvalue weighted by molar-refractivity contribution is 6.08. The SMILES string of the molecule is CC[C@H](C)[C@H](NC(=O)COCCOCCNC(=O)COCCOCCNC(=O)C(CCC(=O)O)NC(=O)CN1CCN(C(=O)CN2CCN(CC(=O)O)CCN(CC(=O)O)CC2)CC1)C(=O)N[C@H]1CCc2cccc3c2N(C1=O)[C@H](C(=O)NC1CC(=O)OC1O)C3. The summed E-state index contributed by atoms with van der Waals surface area (Å²) in [6.07, 6.45) is -0.982. The van der Waals surface area contributed by atoms with Gasteiger partial charge in [0, 0.05) is 91.4 Å². The average molecular weight is 1290 g/mol. The molecule has 506 valence electrons. The molecule has 8 amide bonds. The summed E-state index contributed by atoms with van der Waals surface area (Å²) >= 11 is 0. The number of aryl methyl sites for hydroxylation is 1. The number of para-hydroxylation sites is 1. The molecule has 33 nitrogen and oxygen atoms in total. The summed E-state index contributed by atoms with van der Waals surface area (Å²) < 4.78 is 26.6. The molecule has 1 aromatic rings. The highest BCUT2D eigenvalue weighted by Crippen LogP contribution is 2.39. The summed E-state index contributed by atoms with van der Waals surface area (Å²) in [7, 11) is 0. The van der Waals surface area contributed by atoms with E-state index >= 15 is 0 Å². The van der Waals surface area contributed by atoms with Crippen molar-refractivity contribution >= 4 is 76.8 Å². The molecule has 1 aromatic carbocycles. The minimum Gasteiger partial charge on any atom is -0.481 e. The number of amides is 8. The molecule has 0 bridgehead atoms. The Hall–Kier alpha value is -7.50. The van der Waals surface area contributed by atoms with Crippen LogP contribution in [-0.4, -0.2) is 310 Å². The van der Waals surface area contributed by atoms with E-state index in [-0.39, 0.29) is 129 Å². The van der Waals surface area contributed by atoms with Crippen LogP contribution in [0, 0.1) is 5.92 Å². The number of nitrogens with zero attached hydrogens (tertiary/aromatic N) is 6. The Bertz CT molecular complexity index is 2670. The summed E-state index contributed by atoms with van der Waals surface area (Å²) in [5.41, 5.74) is 2.17. The maximum Gasteiger partial charge on any atom is 0.317 e. The molecular formula is C58H88N12O21. The lowest BCUT2D eigenvalue weighted by Crippen LogP contribution is -2.59. The van der Waals surface area contributed by atoms with Crippen molar-refractivity contribution in [3.63, 3.8) is 0 Å². The Balaban J connectivity index is 0.788. The first-order valence-corrected chi connectivity index (χ1v) is 30.8. The Morgan fingerprint density at radius 2 is 1.19 bits per heavy atom. The van der Waals surface area contributed by atoms with Crippen molar-refractivity contribution in [1.82, 2.24) is 56.4 Å². The summed E-state index contributed by atoms with van der Waals surface area (Å²) in [6.45, 7) is 6.67. The summed E-state index contributed by atoms with van der Waals surface area (Å²) in [4.78, 5) is 163. The van der Waals surface area contributed by atoms with Gasteiger partial charge in [0.15, 0.2) is 0 Å². The minimum absolute atomic E-state index is 0.0137. The minimum atomic E-state index is -1.52. The van der Waals surface area contributed by atoms with Gasteiger partial charge in [-0.3, -0.25) is 82.0 Å². The zero-order chi connectivity index (χ0) is 66.0. The number of hydrogen-bond donors (Lipinski definition) is 10. The van der Waals surface area contributed by atoms with Gasteiger partial charge in [-0.05, 0) is 36.3 Å². The van der Waals surface area contributed by atoms with E-state index in [0.717, 1.165) is 11.1 Å². The van der Waals surface area contributed by atoms with E-state index in [1.54, 1.807) is 21.6 Å². The van der Waals surface area contributed by atoms with E-state index in [4.69, 9.17) is 23.7 Å². The zero-order valence-corrected chi connectivity index (χ0v) is 51.6. The standard InChI is InChI=1S/C58H88N12O21/c1-3-37(2)52(56(84)62-41-8-7-38-5-4-6-39-29-43(70(53(38)39)57(41)85)55(83)63-42-30-51(81)91-58(42)86)64-46(73)36-90-28-26-87-23-11-59-45(72)35-89-27-25-88-24-12-60-54(82)40(9-10-48(75)76)61-44(71)31-65-19-21-69(22-20-65)47(74)32-66-13-15-67(33-49(77)78)17-18-68(16-14-66)34-50(79)80/h4-6,37,40-43,52,58,86H,3,7-36H2,1-2H3,(H,59,72)(H,60,82)(H,61,71)(H,62,84)(H,63,83)(H,64,73)(H,75,76)(H,77,78)(H,79,80)/t37-,40?,41-,42?,43-,52-,58?/m0/s1. The Labute approximate surface area is 526 Å². The number of ether oxygens (including phenoxy) is 5. The van der Waals surface area contributed by atoms with Crippen molar-refractivity contribution in [2.75, 3.05) is 162 Å². The Morgan fingerprint density at radius 1 is 0.626 bits per heavy atom. The molecule has 33 heteroatoms. The molecule has 0 saturated carbocycles. The average Bonchev–Trinajstić information content (AvgIpc) is 1.63. The van der Waals surface area contributed by atoms with E-state index in [1.165, 1.54) is 4.90 Å². The van der Waals surface area contributed by atoms with Crippen LogP contribution in [0.3, 0.4) is 0 Å². The molecular weight excluding hydrogens is 1200 g/mol. The monoisotopic (exact) mass is 1290 g/mol. The number of carbonyl (C=O) groups is 12. The zero-order valence-electron chi connectivity index (χ0n) is 51.6. The fourth-order valence-corrected chi connectivity index (χ4v) is 11.0. The van der Waals surface area contributed by atoms with Crippen molar-refractivity contribution in [3.8, 4) is 0 Å². The fourth-order valence-electron chi connectivity index (χ4n) is 11.0. The van der Waals surface area contributed by atoms with Crippen LogP contribution in [-0.2, 0) is 94.1 Å². The highest BCUT2D eigenvalue weighted by atomic mass is 16.6. The first-order valence-electron chi connectivity index (χ1n) is 30.8. The van der Waals surface area contributed by atoms with Gasteiger partial charge in [-0.1, -0.05) is 38.5 Å². The molecule has 6 rings (SSSR count). The third-order valence-electron chi connectivity index (χ3n) is 16.1. The Kier molecular flexibility index (Phi) is 29.6. The third kappa shape index (κ3) is 23.9. The number of rotatable bonds is 36.